The molecule has 8 heteroatoms. The molecule has 0 saturated carbocycles. The fraction of sp³-hybridized carbons (Fsp3) is 0.217. The van der Waals surface area contributed by atoms with E-state index in [0.717, 1.165) is 16.9 Å². The molecule has 0 bridgehead atoms. The van der Waals surface area contributed by atoms with Crippen LogP contribution in [0.5, 0.6) is 11.5 Å². The number of carbonyl (C=O) groups excluding carboxylic acids is 1. The summed E-state index contributed by atoms with van der Waals surface area (Å²) in [5.41, 5.74) is 2.10. The van der Waals surface area contributed by atoms with Gasteiger partial charge in [-0.05, 0) is 30.7 Å². The third-order valence-electron chi connectivity index (χ3n) is 5.13. The molecule has 2 heterocycles. The van der Waals surface area contributed by atoms with Gasteiger partial charge in [-0.2, -0.15) is 0 Å². The fourth-order valence-electron chi connectivity index (χ4n) is 3.85. The molecule has 2 aromatic carbocycles. The zero-order chi connectivity index (χ0) is 22.1. The quantitative estimate of drug-likeness (QED) is 0.554. The molecule has 4 rings (SSSR count). The summed E-state index contributed by atoms with van der Waals surface area (Å²) in [6.45, 7) is 2.26. The topological polar surface area (TPSA) is 84.9 Å². The van der Waals surface area contributed by atoms with Crippen LogP contribution >= 0.6 is 11.3 Å². The second-order valence-electron chi connectivity index (χ2n) is 6.97. The summed E-state index contributed by atoms with van der Waals surface area (Å²) in [7, 11) is 1.54. The molecule has 3 aromatic rings. The summed E-state index contributed by atoms with van der Waals surface area (Å²) in [5.74, 6) is -1.10. The summed E-state index contributed by atoms with van der Waals surface area (Å²) in [6.07, 6.45) is 0.142. The van der Waals surface area contributed by atoms with Crippen molar-refractivity contribution >= 4 is 28.9 Å². The number of aromatic carboxylic acids is 1. The lowest BCUT2D eigenvalue weighted by molar-refractivity contribution is -0.116. The van der Waals surface area contributed by atoms with Gasteiger partial charge in [0.2, 0.25) is 5.91 Å². The highest BCUT2D eigenvalue weighted by molar-refractivity contribution is 7.15. The first-order valence-corrected chi connectivity index (χ1v) is 10.5. The van der Waals surface area contributed by atoms with E-state index in [1.54, 1.807) is 13.2 Å². The van der Waals surface area contributed by atoms with Gasteiger partial charge in [0.15, 0.2) is 11.5 Å². The van der Waals surface area contributed by atoms with Crippen molar-refractivity contribution in [3.63, 3.8) is 0 Å². The van der Waals surface area contributed by atoms with E-state index in [2.05, 4.69) is 5.32 Å². The molecule has 160 valence electrons. The Hall–Kier alpha value is -3.39. The molecule has 2 N–H and O–H groups in total. The van der Waals surface area contributed by atoms with Crippen LogP contribution < -0.4 is 14.8 Å². The number of ether oxygens (including phenoxy) is 2. The fourth-order valence-corrected chi connectivity index (χ4v) is 5.08. The number of hydrogen-bond acceptors (Lipinski definition) is 5. The van der Waals surface area contributed by atoms with Gasteiger partial charge in [0.25, 0.3) is 0 Å². The summed E-state index contributed by atoms with van der Waals surface area (Å²) in [6, 6.07) is 11.0. The number of benzene rings is 2. The minimum atomic E-state index is -1.11. The Morgan fingerprint density at radius 1 is 1.26 bits per heavy atom. The molecular formula is C23H20FNO5S. The molecule has 0 aliphatic carbocycles. The van der Waals surface area contributed by atoms with E-state index in [9.17, 15) is 19.1 Å². The Morgan fingerprint density at radius 2 is 2.00 bits per heavy atom. The lowest BCUT2D eigenvalue weighted by atomic mass is 9.88. The normalized spacial score (nSPS) is 15.2. The van der Waals surface area contributed by atoms with Crippen LogP contribution in [-0.2, 0) is 4.79 Å². The SMILES string of the molecule is CCOc1c(OC)cccc1[C@H]1CC(=O)Nc2c1sc(C(=O)O)c2-c1ccc(F)cc1. The highest BCUT2D eigenvalue weighted by Crippen LogP contribution is 2.51. The van der Waals surface area contributed by atoms with E-state index in [1.807, 2.05) is 19.1 Å². The van der Waals surface area contributed by atoms with Crippen molar-refractivity contribution in [2.24, 2.45) is 0 Å². The average Bonchev–Trinajstić information content (AvgIpc) is 3.14. The number of hydrogen-bond donors (Lipinski definition) is 2. The van der Waals surface area contributed by atoms with Gasteiger partial charge in [-0.15, -0.1) is 11.3 Å². The standard InChI is InChI=1S/C23H20FNO5S/c1-3-30-20-14(5-4-6-16(20)29-2)15-11-17(26)25-19-18(12-7-9-13(24)10-8-12)22(23(27)28)31-21(15)19/h4-10,15H,3,11H2,1-2H3,(H,25,26)(H,27,28)/t15-/m1/s1. The second kappa shape index (κ2) is 8.39. The predicted octanol–water partition coefficient (Wildman–Crippen LogP) is 5.13. The van der Waals surface area contributed by atoms with Crippen molar-refractivity contribution in [3.05, 3.63) is 63.6 Å². The minimum Gasteiger partial charge on any atom is -0.493 e. The molecule has 1 amide bonds. The summed E-state index contributed by atoms with van der Waals surface area (Å²) >= 11 is 1.11. The maximum absolute atomic E-state index is 13.5. The van der Waals surface area contributed by atoms with Gasteiger partial charge in [0, 0.05) is 28.3 Å². The molecule has 0 spiro atoms. The molecule has 1 atom stereocenters. The van der Waals surface area contributed by atoms with Crippen molar-refractivity contribution in [2.45, 2.75) is 19.3 Å². The van der Waals surface area contributed by atoms with Gasteiger partial charge >= 0.3 is 5.97 Å². The third-order valence-corrected chi connectivity index (χ3v) is 6.42. The second-order valence-corrected chi connectivity index (χ2v) is 8.03. The summed E-state index contributed by atoms with van der Waals surface area (Å²) in [4.78, 5) is 25.5. The van der Waals surface area contributed by atoms with Gasteiger partial charge in [-0.1, -0.05) is 24.3 Å². The third kappa shape index (κ3) is 3.74. The predicted molar refractivity (Wildman–Crippen MR) is 116 cm³/mol. The average molecular weight is 441 g/mol. The molecule has 1 aromatic heterocycles. The molecule has 0 unspecified atom stereocenters. The van der Waals surface area contributed by atoms with Crippen LogP contribution in [0.2, 0.25) is 0 Å². The van der Waals surface area contributed by atoms with Gasteiger partial charge in [0.1, 0.15) is 10.7 Å². The van der Waals surface area contributed by atoms with E-state index in [1.165, 1.54) is 24.3 Å². The van der Waals surface area contributed by atoms with Crippen LogP contribution in [0.1, 0.15) is 39.4 Å². The first-order valence-electron chi connectivity index (χ1n) is 9.70. The number of carboxylic acid groups (broad SMARTS) is 1. The number of methoxy groups -OCH3 is 1. The Morgan fingerprint density at radius 3 is 2.65 bits per heavy atom. The number of carbonyl (C=O) groups is 2. The molecular weight excluding hydrogens is 421 g/mol. The number of fused-ring (bicyclic) bond motifs is 1. The number of rotatable bonds is 6. The maximum Gasteiger partial charge on any atom is 0.346 e. The first kappa shape index (κ1) is 20.9. The van der Waals surface area contributed by atoms with Crippen LogP contribution in [-0.4, -0.2) is 30.7 Å². The van der Waals surface area contributed by atoms with E-state index in [0.29, 0.717) is 39.8 Å². The maximum atomic E-state index is 13.5. The lowest BCUT2D eigenvalue weighted by Gasteiger charge is -2.26. The number of para-hydroxylation sites is 1. The van der Waals surface area contributed by atoms with Gasteiger partial charge < -0.3 is 19.9 Å². The van der Waals surface area contributed by atoms with E-state index in [4.69, 9.17) is 9.47 Å². The Bertz CT molecular complexity index is 1160. The summed E-state index contributed by atoms with van der Waals surface area (Å²) < 4.78 is 24.7. The smallest absolute Gasteiger partial charge is 0.346 e. The zero-order valence-electron chi connectivity index (χ0n) is 16.9. The van der Waals surface area contributed by atoms with Gasteiger partial charge in [-0.3, -0.25) is 4.79 Å². The van der Waals surface area contributed by atoms with Crippen LogP contribution in [0.25, 0.3) is 11.1 Å². The summed E-state index contributed by atoms with van der Waals surface area (Å²) in [5, 5.41) is 12.7. The molecule has 31 heavy (non-hydrogen) atoms. The first-order chi connectivity index (χ1) is 14.9. The minimum absolute atomic E-state index is 0.0877. The van der Waals surface area contributed by atoms with Crippen molar-refractivity contribution in [3.8, 4) is 22.6 Å². The molecule has 1 aliphatic heterocycles. The Balaban J connectivity index is 1.94. The van der Waals surface area contributed by atoms with E-state index in [-0.39, 0.29) is 17.2 Å². The molecule has 6 nitrogen and oxygen atoms in total. The number of nitrogens with one attached hydrogen (secondary N) is 1. The number of anilines is 1. The molecule has 0 saturated heterocycles. The van der Waals surface area contributed by atoms with Crippen LogP contribution in [0.3, 0.4) is 0 Å². The van der Waals surface area contributed by atoms with Gasteiger partial charge in [-0.25, -0.2) is 9.18 Å². The van der Waals surface area contributed by atoms with E-state index >= 15 is 0 Å². The molecule has 0 radical (unpaired) electrons. The number of thiophene rings is 1. The monoisotopic (exact) mass is 441 g/mol. The Kier molecular flexibility index (Phi) is 5.65. The van der Waals surface area contributed by atoms with Gasteiger partial charge in [0.05, 0.1) is 19.4 Å². The van der Waals surface area contributed by atoms with Crippen molar-refractivity contribution in [1.82, 2.24) is 0 Å². The van der Waals surface area contributed by atoms with Crippen molar-refractivity contribution in [2.75, 3.05) is 19.0 Å². The van der Waals surface area contributed by atoms with Crippen molar-refractivity contribution in [1.29, 1.82) is 0 Å². The molecule has 0 fully saturated rings. The number of amides is 1. The largest absolute Gasteiger partial charge is 0.493 e. The zero-order valence-corrected chi connectivity index (χ0v) is 17.7. The number of halogens is 1. The molecule has 1 aliphatic rings. The van der Waals surface area contributed by atoms with Crippen molar-refractivity contribution < 1.29 is 28.6 Å². The number of carboxylic acids is 1. The lowest BCUT2D eigenvalue weighted by Crippen LogP contribution is -2.23. The highest BCUT2D eigenvalue weighted by atomic mass is 32.1. The van der Waals surface area contributed by atoms with Crippen LogP contribution in [0.15, 0.2) is 42.5 Å². The Labute approximate surface area is 182 Å². The van der Waals surface area contributed by atoms with Crippen LogP contribution in [0.4, 0.5) is 10.1 Å². The van der Waals surface area contributed by atoms with Crippen LogP contribution in [0, 0.1) is 5.82 Å². The van der Waals surface area contributed by atoms with E-state index < -0.39 is 17.7 Å². The highest BCUT2D eigenvalue weighted by Gasteiger charge is 2.36.